The van der Waals surface area contributed by atoms with Crippen LogP contribution >= 0.6 is 0 Å². The lowest BCUT2D eigenvalue weighted by molar-refractivity contribution is 1.22. The van der Waals surface area contributed by atoms with Crippen LogP contribution in [0.1, 0.15) is 12.2 Å². The van der Waals surface area contributed by atoms with E-state index in [-0.39, 0.29) is 0 Å². The van der Waals surface area contributed by atoms with Crippen LogP contribution in [0.3, 0.4) is 0 Å². The Labute approximate surface area is 103 Å². The first-order chi connectivity index (χ1) is 8.92. The summed E-state index contributed by atoms with van der Waals surface area (Å²) in [5, 5.41) is 0. The predicted molar refractivity (Wildman–Crippen MR) is 70.9 cm³/mol. The first-order valence-corrected chi connectivity index (χ1v) is 5.87. The van der Waals surface area contributed by atoms with Gasteiger partial charge in [0, 0.05) is 12.4 Å². The van der Waals surface area contributed by atoms with Gasteiger partial charge in [0.15, 0.2) is 0 Å². The monoisotopic (exact) mass is 234 g/mol. The highest BCUT2D eigenvalue weighted by Crippen LogP contribution is 2.26. The number of H-pyrrole nitrogens is 1. The van der Waals surface area contributed by atoms with Crippen LogP contribution in [0.25, 0.3) is 27.6 Å². The zero-order valence-electron chi connectivity index (χ0n) is 9.59. The second-order valence-corrected chi connectivity index (χ2v) is 4.30. The van der Waals surface area contributed by atoms with Gasteiger partial charge < -0.3 is 4.98 Å². The van der Waals surface area contributed by atoms with Crippen molar-refractivity contribution < 1.29 is 0 Å². The van der Waals surface area contributed by atoms with E-state index in [1.54, 1.807) is 12.4 Å². The van der Waals surface area contributed by atoms with Crippen LogP contribution < -0.4 is 0 Å². The Morgan fingerprint density at radius 3 is 2.89 bits per heavy atom. The van der Waals surface area contributed by atoms with Gasteiger partial charge in [-0.05, 0) is 24.1 Å². The molecule has 4 heteroatoms. The molecule has 1 aliphatic rings. The van der Waals surface area contributed by atoms with Gasteiger partial charge in [-0.1, -0.05) is 18.2 Å². The molecule has 2 heterocycles. The molecule has 0 fully saturated rings. The molecular formula is C14H10N4. The van der Waals surface area contributed by atoms with Gasteiger partial charge in [-0.15, -0.1) is 0 Å². The second-order valence-electron chi connectivity index (χ2n) is 4.30. The summed E-state index contributed by atoms with van der Waals surface area (Å²) in [5.74, 6) is 0.924. The topological polar surface area (TPSA) is 54.5 Å². The van der Waals surface area contributed by atoms with Crippen molar-refractivity contribution in [3.8, 4) is 0 Å². The number of hydrogen-bond acceptors (Lipinski definition) is 3. The van der Waals surface area contributed by atoms with Crippen molar-refractivity contribution in [2.45, 2.75) is 6.42 Å². The van der Waals surface area contributed by atoms with Gasteiger partial charge in [0.25, 0.3) is 0 Å². The summed E-state index contributed by atoms with van der Waals surface area (Å²) in [7, 11) is 0. The average Bonchev–Trinajstić information content (AvgIpc) is 3.07. The molecule has 3 aromatic rings. The molecule has 1 aromatic carbocycles. The lowest BCUT2D eigenvalue weighted by Gasteiger charge is -1.94. The summed E-state index contributed by atoms with van der Waals surface area (Å²) in [4.78, 5) is 16.7. The quantitative estimate of drug-likeness (QED) is 0.704. The fraction of sp³-hybridized carbons (Fsp3) is 0.0714. The van der Waals surface area contributed by atoms with Gasteiger partial charge >= 0.3 is 0 Å². The van der Waals surface area contributed by atoms with Crippen molar-refractivity contribution >= 4 is 27.6 Å². The fourth-order valence-corrected chi connectivity index (χ4v) is 2.28. The van der Waals surface area contributed by atoms with E-state index in [1.165, 1.54) is 5.57 Å². The van der Waals surface area contributed by atoms with E-state index in [1.807, 2.05) is 12.1 Å². The number of imidazole rings is 1. The number of nitrogens with zero attached hydrogens (tertiary/aromatic N) is 3. The third kappa shape index (κ3) is 1.29. The van der Waals surface area contributed by atoms with Gasteiger partial charge in [0.2, 0.25) is 0 Å². The summed E-state index contributed by atoms with van der Waals surface area (Å²) in [6, 6.07) is 3.97. The maximum Gasteiger partial charge on any atom is 0.134 e. The third-order valence-corrected chi connectivity index (χ3v) is 3.17. The van der Waals surface area contributed by atoms with Crippen LogP contribution in [0.4, 0.5) is 0 Å². The van der Waals surface area contributed by atoms with Crippen molar-refractivity contribution in [2.75, 3.05) is 0 Å². The van der Waals surface area contributed by atoms with Crippen molar-refractivity contribution in [3.63, 3.8) is 0 Å². The maximum absolute atomic E-state index is 4.66. The van der Waals surface area contributed by atoms with Crippen molar-refractivity contribution in [2.24, 2.45) is 0 Å². The summed E-state index contributed by atoms with van der Waals surface area (Å²) in [5.41, 5.74) is 4.84. The highest BCUT2D eigenvalue weighted by atomic mass is 14.9. The molecule has 1 aliphatic carbocycles. The minimum Gasteiger partial charge on any atom is -0.338 e. The van der Waals surface area contributed by atoms with E-state index < -0.39 is 0 Å². The van der Waals surface area contributed by atoms with E-state index in [4.69, 9.17) is 0 Å². The number of benzene rings is 1. The summed E-state index contributed by atoms with van der Waals surface area (Å²) >= 11 is 0. The number of nitrogens with one attached hydrogen (secondary N) is 1. The van der Waals surface area contributed by atoms with Crippen molar-refractivity contribution in [1.82, 2.24) is 19.9 Å². The lowest BCUT2D eigenvalue weighted by Crippen LogP contribution is -1.84. The number of rotatable bonds is 1. The van der Waals surface area contributed by atoms with Gasteiger partial charge in [-0.2, -0.15) is 0 Å². The van der Waals surface area contributed by atoms with E-state index >= 15 is 0 Å². The van der Waals surface area contributed by atoms with Crippen molar-refractivity contribution in [3.05, 3.63) is 48.6 Å². The van der Waals surface area contributed by atoms with Gasteiger partial charge in [-0.3, -0.25) is 9.97 Å². The lowest BCUT2D eigenvalue weighted by atomic mass is 10.2. The molecule has 0 aliphatic heterocycles. The summed E-state index contributed by atoms with van der Waals surface area (Å²) in [6.07, 6.45) is 10.6. The number of aromatic amines is 1. The number of fused-ring (bicyclic) bond motifs is 3. The van der Waals surface area contributed by atoms with E-state index in [9.17, 15) is 0 Å². The SMILES string of the molecule is C1=CCC(c2nc3c(ccc4nccnc43)[nH]2)=C1. The third-order valence-electron chi connectivity index (χ3n) is 3.17. The normalized spacial score (nSPS) is 14.6. The molecule has 1 N–H and O–H groups in total. The Bertz CT molecular complexity index is 811. The van der Waals surface area contributed by atoms with E-state index in [0.29, 0.717) is 0 Å². The Balaban J connectivity index is 2.02. The molecule has 4 rings (SSSR count). The van der Waals surface area contributed by atoms with E-state index in [2.05, 4.69) is 38.2 Å². The van der Waals surface area contributed by atoms with Crippen LogP contribution in [0.5, 0.6) is 0 Å². The van der Waals surface area contributed by atoms with Gasteiger partial charge in [-0.25, -0.2) is 4.98 Å². The molecule has 18 heavy (non-hydrogen) atoms. The molecule has 0 amide bonds. The standard InChI is InChI=1S/C14H10N4/c1-2-4-9(3-1)14-17-11-6-5-10-12(13(11)18-14)16-8-7-15-10/h1-3,5-8H,4H2,(H,17,18). The second kappa shape index (κ2) is 3.50. The van der Waals surface area contributed by atoms with Crippen LogP contribution in [0.2, 0.25) is 0 Å². The average molecular weight is 234 g/mol. The first kappa shape index (κ1) is 9.53. The largest absolute Gasteiger partial charge is 0.338 e. The molecule has 0 spiro atoms. The minimum atomic E-state index is 0.851. The summed E-state index contributed by atoms with van der Waals surface area (Å²) < 4.78 is 0. The molecular weight excluding hydrogens is 224 g/mol. The van der Waals surface area contributed by atoms with E-state index in [0.717, 1.165) is 34.3 Å². The maximum atomic E-state index is 4.66. The molecule has 0 saturated carbocycles. The molecule has 0 unspecified atom stereocenters. The van der Waals surface area contributed by atoms with Crippen molar-refractivity contribution in [1.29, 1.82) is 0 Å². The molecule has 2 aromatic heterocycles. The predicted octanol–water partition coefficient (Wildman–Crippen LogP) is 2.85. The highest BCUT2D eigenvalue weighted by molar-refractivity contribution is 6.00. The molecule has 0 bridgehead atoms. The Morgan fingerprint density at radius 2 is 2.00 bits per heavy atom. The fourth-order valence-electron chi connectivity index (χ4n) is 2.28. The smallest absolute Gasteiger partial charge is 0.134 e. The number of allylic oxidation sites excluding steroid dienone is 4. The van der Waals surface area contributed by atoms with Crippen LogP contribution in [-0.2, 0) is 0 Å². The minimum absolute atomic E-state index is 0.851. The van der Waals surface area contributed by atoms with Crippen LogP contribution in [0, 0.1) is 0 Å². The molecule has 0 radical (unpaired) electrons. The van der Waals surface area contributed by atoms with Crippen LogP contribution in [-0.4, -0.2) is 19.9 Å². The van der Waals surface area contributed by atoms with Crippen LogP contribution in [0.15, 0.2) is 42.8 Å². The zero-order chi connectivity index (χ0) is 11.9. The highest BCUT2D eigenvalue weighted by Gasteiger charge is 2.11. The molecule has 0 atom stereocenters. The number of aromatic nitrogens is 4. The molecule has 4 nitrogen and oxygen atoms in total. The Kier molecular flexibility index (Phi) is 1.85. The molecule has 0 saturated heterocycles. The Morgan fingerprint density at radius 1 is 1.06 bits per heavy atom. The van der Waals surface area contributed by atoms with Gasteiger partial charge in [0.05, 0.1) is 11.0 Å². The Hall–Kier alpha value is -2.49. The summed E-state index contributed by atoms with van der Waals surface area (Å²) in [6.45, 7) is 0. The molecule has 86 valence electrons. The zero-order valence-corrected chi connectivity index (χ0v) is 9.59. The first-order valence-electron chi connectivity index (χ1n) is 5.87. The number of hydrogen-bond donors (Lipinski definition) is 1. The van der Waals surface area contributed by atoms with Gasteiger partial charge in [0.1, 0.15) is 16.9 Å².